The van der Waals surface area contributed by atoms with Crippen LogP contribution in [0.3, 0.4) is 0 Å². The van der Waals surface area contributed by atoms with E-state index in [2.05, 4.69) is 65.4 Å². The van der Waals surface area contributed by atoms with E-state index >= 15 is 0 Å². The van der Waals surface area contributed by atoms with Crippen LogP contribution in [0.15, 0.2) is 85.1 Å². The van der Waals surface area contributed by atoms with Crippen molar-refractivity contribution in [3.63, 3.8) is 0 Å². The molecule has 1 heterocycles. The first-order valence-corrected chi connectivity index (χ1v) is 7.35. The molecule has 2 N–H and O–H groups in total. The van der Waals surface area contributed by atoms with E-state index in [1.54, 1.807) is 0 Å². The van der Waals surface area contributed by atoms with Gasteiger partial charge >= 0.3 is 0 Å². The van der Waals surface area contributed by atoms with Crippen molar-refractivity contribution in [1.82, 2.24) is 4.57 Å². The molecule has 0 amide bonds. The Bertz CT molecular complexity index is 936. The molecular formula is C20H16N2. The van der Waals surface area contributed by atoms with Crippen LogP contribution in [0.2, 0.25) is 0 Å². The molecule has 0 saturated heterocycles. The number of para-hydroxylation sites is 3. The topological polar surface area (TPSA) is 30.9 Å². The van der Waals surface area contributed by atoms with Crippen molar-refractivity contribution in [2.24, 2.45) is 0 Å². The average molecular weight is 284 g/mol. The zero-order chi connectivity index (χ0) is 14.9. The molecule has 0 aliphatic heterocycles. The summed E-state index contributed by atoms with van der Waals surface area (Å²) in [5.74, 6) is 0. The van der Waals surface area contributed by atoms with Crippen LogP contribution >= 0.6 is 0 Å². The Hall–Kier alpha value is -3.00. The van der Waals surface area contributed by atoms with Crippen LogP contribution in [0.25, 0.3) is 27.7 Å². The molecule has 106 valence electrons. The summed E-state index contributed by atoms with van der Waals surface area (Å²) < 4.78 is 2.17. The summed E-state index contributed by atoms with van der Waals surface area (Å²) in [5.41, 5.74) is 11.6. The lowest BCUT2D eigenvalue weighted by Crippen LogP contribution is -1.97. The number of anilines is 1. The molecule has 0 spiro atoms. The second kappa shape index (κ2) is 5.08. The molecule has 0 radical (unpaired) electrons. The third kappa shape index (κ3) is 1.97. The van der Waals surface area contributed by atoms with Gasteiger partial charge in [0.1, 0.15) is 0 Å². The van der Waals surface area contributed by atoms with Gasteiger partial charge in [-0.25, -0.2) is 0 Å². The van der Waals surface area contributed by atoms with Crippen molar-refractivity contribution in [2.75, 3.05) is 5.73 Å². The van der Waals surface area contributed by atoms with Gasteiger partial charge in [0.05, 0.1) is 16.9 Å². The molecule has 2 nitrogen and oxygen atoms in total. The van der Waals surface area contributed by atoms with Crippen molar-refractivity contribution >= 4 is 16.6 Å². The molecule has 0 aliphatic rings. The van der Waals surface area contributed by atoms with Crippen LogP contribution in [-0.4, -0.2) is 4.57 Å². The highest BCUT2D eigenvalue weighted by Crippen LogP contribution is 2.33. The molecular weight excluding hydrogens is 268 g/mol. The Balaban J connectivity index is 2.04. The Morgan fingerprint density at radius 1 is 0.682 bits per heavy atom. The van der Waals surface area contributed by atoms with E-state index in [1.165, 1.54) is 22.0 Å². The minimum Gasteiger partial charge on any atom is -0.397 e. The van der Waals surface area contributed by atoms with Crippen LogP contribution in [0, 0.1) is 0 Å². The molecule has 0 unspecified atom stereocenters. The summed E-state index contributed by atoms with van der Waals surface area (Å²) in [4.78, 5) is 0. The van der Waals surface area contributed by atoms with Crippen molar-refractivity contribution in [3.05, 3.63) is 85.1 Å². The molecule has 22 heavy (non-hydrogen) atoms. The van der Waals surface area contributed by atoms with Crippen LogP contribution in [0.5, 0.6) is 0 Å². The Labute approximate surface area is 129 Å². The zero-order valence-electron chi connectivity index (χ0n) is 12.1. The summed E-state index contributed by atoms with van der Waals surface area (Å²) in [7, 11) is 0. The van der Waals surface area contributed by atoms with Gasteiger partial charge in [-0.2, -0.15) is 0 Å². The molecule has 4 aromatic rings. The number of fused-ring (bicyclic) bond motifs is 1. The molecule has 4 rings (SSSR count). The number of nitrogens with zero attached hydrogens (tertiary/aromatic N) is 1. The largest absolute Gasteiger partial charge is 0.397 e. The smallest absolute Gasteiger partial charge is 0.0686 e. The van der Waals surface area contributed by atoms with Crippen LogP contribution in [-0.2, 0) is 0 Å². The fourth-order valence-electron chi connectivity index (χ4n) is 2.93. The lowest BCUT2D eigenvalue weighted by Gasteiger charge is -2.08. The maximum absolute atomic E-state index is 6.17. The minimum atomic E-state index is 0.780. The Morgan fingerprint density at radius 3 is 2.18 bits per heavy atom. The summed E-state index contributed by atoms with van der Waals surface area (Å²) in [5, 5.41) is 1.23. The van der Waals surface area contributed by atoms with Crippen LogP contribution < -0.4 is 5.73 Å². The lowest BCUT2D eigenvalue weighted by atomic mass is 10.1. The number of hydrogen-bond donors (Lipinski definition) is 1. The van der Waals surface area contributed by atoms with E-state index < -0.39 is 0 Å². The fourth-order valence-corrected chi connectivity index (χ4v) is 2.93. The Kier molecular flexibility index (Phi) is 2.94. The summed E-state index contributed by atoms with van der Waals surface area (Å²) in [6.45, 7) is 0. The summed E-state index contributed by atoms with van der Waals surface area (Å²) in [6, 6.07) is 26.9. The van der Waals surface area contributed by atoms with E-state index in [-0.39, 0.29) is 0 Å². The number of nitrogens with two attached hydrogens (primary N) is 1. The number of benzene rings is 3. The van der Waals surface area contributed by atoms with Gasteiger partial charge in [0.2, 0.25) is 0 Å². The highest BCUT2D eigenvalue weighted by Gasteiger charge is 2.12. The van der Waals surface area contributed by atoms with Crippen LogP contribution in [0.1, 0.15) is 0 Å². The third-order valence-electron chi connectivity index (χ3n) is 3.99. The van der Waals surface area contributed by atoms with Gasteiger partial charge in [0.25, 0.3) is 0 Å². The van der Waals surface area contributed by atoms with Gasteiger partial charge in [-0.15, -0.1) is 0 Å². The number of hydrogen-bond acceptors (Lipinski definition) is 1. The van der Waals surface area contributed by atoms with Crippen molar-refractivity contribution in [2.45, 2.75) is 0 Å². The number of aromatic nitrogens is 1. The number of nitrogen functional groups attached to an aromatic ring is 1. The summed E-state index contributed by atoms with van der Waals surface area (Å²) >= 11 is 0. The fraction of sp³-hybridized carbons (Fsp3) is 0. The first-order chi connectivity index (χ1) is 10.8. The molecule has 0 aliphatic carbocycles. The first kappa shape index (κ1) is 12.7. The standard InChI is InChI=1S/C20H16N2/c21-18-11-5-7-13-20(18)22-14-17(15-8-2-1-3-9-15)16-10-4-6-12-19(16)22/h1-14H,21H2. The van der Waals surface area contributed by atoms with Gasteiger partial charge in [-0.05, 0) is 23.8 Å². The molecule has 0 atom stereocenters. The minimum absolute atomic E-state index is 0.780. The second-order valence-corrected chi connectivity index (χ2v) is 5.35. The van der Waals surface area contributed by atoms with E-state index in [0.717, 1.165) is 11.4 Å². The average Bonchev–Trinajstić information content (AvgIpc) is 2.96. The maximum atomic E-state index is 6.17. The predicted molar refractivity (Wildman–Crippen MR) is 93.1 cm³/mol. The van der Waals surface area contributed by atoms with Crippen molar-refractivity contribution < 1.29 is 0 Å². The first-order valence-electron chi connectivity index (χ1n) is 7.35. The van der Waals surface area contributed by atoms with Crippen LogP contribution in [0.4, 0.5) is 5.69 Å². The van der Waals surface area contributed by atoms with E-state index in [9.17, 15) is 0 Å². The monoisotopic (exact) mass is 284 g/mol. The molecule has 1 aromatic heterocycles. The zero-order valence-corrected chi connectivity index (χ0v) is 12.1. The second-order valence-electron chi connectivity index (χ2n) is 5.35. The summed E-state index contributed by atoms with van der Waals surface area (Å²) in [6.07, 6.45) is 2.17. The van der Waals surface area contributed by atoms with Gasteiger partial charge in [-0.1, -0.05) is 60.7 Å². The molecule has 2 heteroatoms. The van der Waals surface area contributed by atoms with E-state index in [1.807, 2.05) is 24.3 Å². The number of rotatable bonds is 2. The highest BCUT2D eigenvalue weighted by atomic mass is 15.0. The van der Waals surface area contributed by atoms with Gasteiger partial charge in [0, 0.05) is 17.1 Å². The molecule has 0 bridgehead atoms. The van der Waals surface area contributed by atoms with E-state index in [0.29, 0.717) is 0 Å². The predicted octanol–water partition coefficient (Wildman–Crippen LogP) is 4.88. The van der Waals surface area contributed by atoms with Gasteiger partial charge in [0.15, 0.2) is 0 Å². The maximum Gasteiger partial charge on any atom is 0.0686 e. The van der Waals surface area contributed by atoms with E-state index in [4.69, 9.17) is 5.73 Å². The van der Waals surface area contributed by atoms with Gasteiger partial charge in [-0.3, -0.25) is 0 Å². The third-order valence-corrected chi connectivity index (χ3v) is 3.99. The Morgan fingerprint density at radius 2 is 1.36 bits per heavy atom. The normalized spacial score (nSPS) is 10.9. The highest BCUT2D eigenvalue weighted by molar-refractivity contribution is 5.97. The van der Waals surface area contributed by atoms with Crippen molar-refractivity contribution in [1.29, 1.82) is 0 Å². The molecule has 0 saturated carbocycles. The van der Waals surface area contributed by atoms with Gasteiger partial charge < -0.3 is 10.3 Å². The molecule has 0 fully saturated rings. The SMILES string of the molecule is Nc1ccccc1-n1cc(-c2ccccc2)c2ccccc21. The lowest BCUT2D eigenvalue weighted by molar-refractivity contribution is 1.13. The van der Waals surface area contributed by atoms with Crippen molar-refractivity contribution in [3.8, 4) is 16.8 Å². The molecule has 3 aromatic carbocycles. The quantitative estimate of drug-likeness (QED) is 0.522.